The van der Waals surface area contributed by atoms with Gasteiger partial charge < -0.3 is 14.6 Å². The average molecular weight is 461 g/mol. The number of aromatic nitrogens is 2. The van der Waals surface area contributed by atoms with E-state index >= 15 is 0 Å². The normalized spacial score (nSPS) is 20.9. The third-order valence-corrected chi connectivity index (χ3v) is 7.28. The van der Waals surface area contributed by atoms with Crippen molar-refractivity contribution >= 4 is 11.8 Å². The number of aryl methyl sites for hydroxylation is 1. The summed E-state index contributed by atoms with van der Waals surface area (Å²) < 4.78 is 7.24. The first-order chi connectivity index (χ1) is 16.5. The SMILES string of the molecule is CCc1ccc(-c2cc3n(n2)C[C@](C)(C(=O)NC2CCCCC2)N(Cc2ccco2)C3=O)cc1. The Balaban J connectivity index is 1.48. The first-order valence-electron chi connectivity index (χ1n) is 12.3. The third-order valence-electron chi connectivity index (χ3n) is 7.28. The van der Waals surface area contributed by atoms with Gasteiger partial charge >= 0.3 is 0 Å². The van der Waals surface area contributed by atoms with Crippen molar-refractivity contribution in [3.8, 4) is 11.3 Å². The van der Waals surface area contributed by atoms with Crippen LogP contribution in [0.5, 0.6) is 0 Å². The van der Waals surface area contributed by atoms with E-state index in [1.54, 1.807) is 21.9 Å². The summed E-state index contributed by atoms with van der Waals surface area (Å²) in [6.45, 7) is 4.48. The summed E-state index contributed by atoms with van der Waals surface area (Å²) in [6, 6.07) is 13.9. The van der Waals surface area contributed by atoms with Gasteiger partial charge in [0.15, 0.2) is 0 Å². The van der Waals surface area contributed by atoms with Gasteiger partial charge in [0.25, 0.3) is 5.91 Å². The molecule has 2 aliphatic rings. The number of nitrogens with one attached hydrogen (secondary N) is 1. The fourth-order valence-corrected chi connectivity index (χ4v) is 5.09. The molecule has 1 atom stereocenters. The second kappa shape index (κ2) is 9.12. The first kappa shape index (κ1) is 22.4. The molecule has 7 nitrogen and oxygen atoms in total. The van der Waals surface area contributed by atoms with Gasteiger partial charge in [-0.1, -0.05) is 50.5 Å². The van der Waals surface area contributed by atoms with Gasteiger partial charge in [-0.05, 0) is 49.9 Å². The minimum Gasteiger partial charge on any atom is -0.467 e. The number of fused-ring (bicyclic) bond motifs is 1. The zero-order valence-corrected chi connectivity index (χ0v) is 19.9. The standard InChI is InChI=1S/C27H32N4O3/c1-3-19-11-13-20(14-12-19)23-16-24-25(32)30(17-22-10-7-15-34-22)27(2,18-31(24)29-23)26(33)28-21-8-5-4-6-9-21/h7,10-16,21H,3-6,8-9,17-18H2,1-2H3,(H,28,33)/t27-/m1/s1. The maximum Gasteiger partial charge on any atom is 0.273 e. The number of hydrogen-bond donors (Lipinski definition) is 1. The van der Waals surface area contributed by atoms with E-state index in [-0.39, 0.29) is 24.4 Å². The predicted octanol–water partition coefficient (Wildman–Crippen LogP) is 4.57. The zero-order chi connectivity index (χ0) is 23.7. The van der Waals surface area contributed by atoms with Crippen LogP contribution in [0.2, 0.25) is 0 Å². The van der Waals surface area contributed by atoms with E-state index in [0.717, 1.165) is 43.4 Å². The van der Waals surface area contributed by atoms with Gasteiger partial charge in [0.1, 0.15) is 17.0 Å². The highest BCUT2D eigenvalue weighted by molar-refractivity contribution is 6.00. The first-order valence-corrected chi connectivity index (χ1v) is 12.3. The molecule has 178 valence electrons. The Morgan fingerprint density at radius 3 is 2.62 bits per heavy atom. The van der Waals surface area contributed by atoms with Crippen LogP contribution < -0.4 is 5.32 Å². The molecular weight excluding hydrogens is 428 g/mol. The van der Waals surface area contributed by atoms with E-state index in [1.807, 2.05) is 31.2 Å². The van der Waals surface area contributed by atoms with Gasteiger partial charge in [-0.15, -0.1) is 0 Å². The minimum absolute atomic E-state index is 0.130. The number of hydrogen-bond acceptors (Lipinski definition) is 4. The van der Waals surface area contributed by atoms with Crippen LogP contribution in [0.15, 0.2) is 53.1 Å². The molecule has 1 fully saturated rings. The molecule has 7 heteroatoms. The van der Waals surface area contributed by atoms with Crippen molar-refractivity contribution in [3.63, 3.8) is 0 Å². The number of carbonyl (C=O) groups is 2. The maximum atomic E-state index is 13.7. The Labute approximate surface area is 200 Å². The fourth-order valence-electron chi connectivity index (χ4n) is 5.09. The van der Waals surface area contributed by atoms with Crippen LogP contribution in [0.1, 0.15) is 67.8 Å². The average Bonchev–Trinajstić information content (AvgIpc) is 3.52. The molecule has 2 aromatic heterocycles. The molecule has 1 aromatic carbocycles. The Kier molecular flexibility index (Phi) is 6.02. The van der Waals surface area contributed by atoms with Crippen LogP contribution in [0, 0.1) is 0 Å². The summed E-state index contributed by atoms with van der Waals surface area (Å²) in [5.41, 5.74) is 2.35. The van der Waals surface area contributed by atoms with Gasteiger partial charge in [0.05, 0.1) is 25.0 Å². The van der Waals surface area contributed by atoms with Gasteiger partial charge in [0.2, 0.25) is 5.91 Å². The highest BCUT2D eigenvalue weighted by Gasteiger charge is 2.48. The predicted molar refractivity (Wildman–Crippen MR) is 129 cm³/mol. The lowest BCUT2D eigenvalue weighted by Gasteiger charge is -2.43. The van der Waals surface area contributed by atoms with Crippen molar-refractivity contribution in [2.45, 2.75) is 77.0 Å². The fraction of sp³-hybridized carbons (Fsp3) is 0.444. The molecule has 2 amide bonds. The van der Waals surface area contributed by atoms with Crippen LogP contribution in [0.3, 0.4) is 0 Å². The molecule has 1 aliphatic heterocycles. The highest BCUT2D eigenvalue weighted by Crippen LogP contribution is 2.32. The Morgan fingerprint density at radius 2 is 1.94 bits per heavy atom. The quantitative estimate of drug-likeness (QED) is 0.584. The number of amides is 2. The van der Waals surface area contributed by atoms with Crippen LogP contribution in [0.4, 0.5) is 0 Å². The maximum absolute atomic E-state index is 13.7. The second-order valence-electron chi connectivity index (χ2n) is 9.68. The summed E-state index contributed by atoms with van der Waals surface area (Å²) in [4.78, 5) is 29.0. The van der Waals surface area contributed by atoms with Gasteiger partial charge in [-0.25, -0.2) is 0 Å². The van der Waals surface area contributed by atoms with E-state index in [1.165, 1.54) is 12.0 Å². The number of benzene rings is 1. The number of carbonyl (C=O) groups excluding carboxylic acids is 2. The molecule has 1 saturated carbocycles. The minimum atomic E-state index is -1.08. The topological polar surface area (TPSA) is 80.4 Å². The molecule has 0 bridgehead atoms. The summed E-state index contributed by atoms with van der Waals surface area (Å²) >= 11 is 0. The van der Waals surface area contributed by atoms with Crippen LogP contribution in [-0.4, -0.2) is 38.1 Å². The van der Waals surface area contributed by atoms with Gasteiger partial charge in [-0.2, -0.15) is 5.10 Å². The van der Waals surface area contributed by atoms with Gasteiger partial charge in [0, 0.05) is 11.6 Å². The van der Waals surface area contributed by atoms with Crippen LogP contribution in [-0.2, 0) is 24.3 Å². The highest BCUT2D eigenvalue weighted by atomic mass is 16.3. The number of nitrogens with zero attached hydrogens (tertiary/aromatic N) is 3. The molecule has 0 saturated heterocycles. The van der Waals surface area contributed by atoms with E-state index in [9.17, 15) is 9.59 Å². The van der Waals surface area contributed by atoms with Crippen molar-refractivity contribution in [1.82, 2.24) is 20.0 Å². The molecule has 0 radical (unpaired) electrons. The van der Waals surface area contributed by atoms with Gasteiger partial charge in [-0.3, -0.25) is 14.3 Å². The molecule has 1 aliphatic carbocycles. The largest absolute Gasteiger partial charge is 0.467 e. The molecule has 3 heterocycles. The van der Waals surface area contributed by atoms with Crippen molar-refractivity contribution in [2.75, 3.05) is 0 Å². The Morgan fingerprint density at radius 1 is 1.18 bits per heavy atom. The summed E-state index contributed by atoms with van der Waals surface area (Å²) in [5, 5.41) is 7.99. The lowest BCUT2D eigenvalue weighted by Crippen LogP contribution is -2.64. The van der Waals surface area contributed by atoms with Crippen LogP contribution >= 0.6 is 0 Å². The molecule has 0 unspecified atom stereocenters. The molecule has 34 heavy (non-hydrogen) atoms. The van der Waals surface area contributed by atoms with Crippen molar-refractivity contribution < 1.29 is 14.0 Å². The zero-order valence-electron chi connectivity index (χ0n) is 19.9. The van der Waals surface area contributed by atoms with E-state index in [2.05, 4.69) is 24.4 Å². The smallest absolute Gasteiger partial charge is 0.273 e. The molecule has 3 aromatic rings. The summed E-state index contributed by atoms with van der Waals surface area (Å²) in [5.74, 6) is 0.301. The van der Waals surface area contributed by atoms with Crippen molar-refractivity contribution in [3.05, 3.63) is 65.7 Å². The monoisotopic (exact) mass is 460 g/mol. The van der Waals surface area contributed by atoms with E-state index in [4.69, 9.17) is 9.52 Å². The van der Waals surface area contributed by atoms with Crippen molar-refractivity contribution in [2.24, 2.45) is 0 Å². The number of rotatable bonds is 6. The second-order valence-corrected chi connectivity index (χ2v) is 9.68. The number of furan rings is 1. The Hall–Kier alpha value is -3.35. The summed E-state index contributed by atoms with van der Waals surface area (Å²) in [7, 11) is 0. The van der Waals surface area contributed by atoms with Crippen LogP contribution in [0.25, 0.3) is 11.3 Å². The lowest BCUT2D eigenvalue weighted by molar-refractivity contribution is -0.134. The molecule has 1 N–H and O–H groups in total. The van der Waals surface area contributed by atoms with E-state index < -0.39 is 5.54 Å². The van der Waals surface area contributed by atoms with E-state index in [0.29, 0.717) is 18.0 Å². The summed E-state index contributed by atoms with van der Waals surface area (Å²) in [6.07, 6.45) is 7.99. The molecule has 5 rings (SSSR count). The van der Waals surface area contributed by atoms with Crippen molar-refractivity contribution in [1.29, 1.82) is 0 Å². The Bertz CT molecular complexity index is 1160. The third kappa shape index (κ3) is 4.15. The molecule has 0 spiro atoms. The lowest BCUT2D eigenvalue weighted by atomic mass is 9.91. The molecular formula is C27H32N4O3.